The van der Waals surface area contributed by atoms with E-state index in [1.165, 1.54) is 0 Å². The van der Waals surface area contributed by atoms with Crippen LogP contribution in [0, 0.1) is 16.7 Å². The second-order valence-electron chi connectivity index (χ2n) is 9.61. The Labute approximate surface area is 183 Å². The third-order valence-corrected chi connectivity index (χ3v) is 7.76. The van der Waals surface area contributed by atoms with E-state index in [1.807, 2.05) is 14.1 Å². The van der Waals surface area contributed by atoms with Crippen molar-refractivity contribution in [1.82, 2.24) is 10.2 Å². The first-order chi connectivity index (χ1) is 14.0. The number of alkyl halides is 6. The minimum absolute atomic E-state index is 0.00822. The van der Waals surface area contributed by atoms with E-state index in [1.54, 1.807) is 0 Å². The first kappa shape index (κ1) is 24.1. The fourth-order valence-electron chi connectivity index (χ4n) is 5.56. The van der Waals surface area contributed by atoms with Crippen LogP contribution in [0.5, 0.6) is 0 Å². The van der Waals surface area contributed by atoms with E-state index in [2.05, 4.69) is 36.3 Å². The Morgan fingerprint density at radius 3 is 1.97 bits per heavy atom. The van der Waals surface area contributed by atoms with Crippen molar-refractivity contribution in [2.75, 3.05) is 19.4 Å². The average Bonchev–Trinajstić information content (AvgIpc) is 2.92. The van der Waals surface area contributed by atoms with Gasteiger partial charge in [0.05, 0.1) is 11.1 Å². The zero-order chi connectivity index (χ0) is 23.6. The number of anilines is 1. The molecule has 0 spiro atoms. The van der Waals surface area contributed by atoms with Gasteiger partial charge in [0.15, 0.2) is 5.11 Å². The summed E-state index contributed by atoms with van der Waals surface area (Å²) in [5, 5.41) is 5.79. The summed E-state index contributed by atoms with van der Waals surface area (Å²) in [6.07, 6.45) is -7.79. The number of thiocarbonyl (C=S) groups is 1. The van der Waals surface area contributed by atoms with E-state index in [9.17, 15) is 26.3 Å². The van der Waals surface area contributed by atoms with Gasteiger partial charge in [-0.3, -0.25) is 0 Å². The number of nitrogens with zero attached hydrogens (tertiary/aromatic N) is 1. The minimum atomic E-state index is -4.91. The molecule has 2 fully saturated rings. The van der Waals surface area contributed by atoms with Crippen molar-refractivity contribution in [2.24, 2.45) is 16.7 Å². The molecular weight excluding hydrogens is 440 g/mol. The topological polar surface area (TPSA) is 27.3 Å². The first-order valence-corrected chi connectivity index (χ1v) is 10.4. The lowest BCUT2D eigenvalue weighted by Gasteiger charge is -2.42. The molecule has 1 aromatic carbocycles. The fourth-order valence-corrected chi connectivity index (χ4v) is 5.81. The van der Waals surface area contributed by atoms with Crippen molar-refractivity contribution in [3.8, 4) is 0 Å². The van der Waals surface area contributed by atoms with Gasteiger partial charge in [0.2, 0.25) is 0 Å². The number of hydrogen-bond acceptors (Lipinski definition) is 2. The van der Waals surface area contributed by atoms with E-state index >= 15 is 0 Å². The highest BCUT2D eigenvalue weighted by atomic mass is 32.1. The molecule has 31 heavy (non-hydrogen) atoms. The molecule has 0 saturated heterocycles. The standard InChI is InChI=1S/C21H27F6N3S/c1-18(2)14-6-7-19(18,3)16(15(14)30(4)5)29-17(31)28-13-9-11(20(22,23)24)8-12(10-13)21(25,26)27/h8-10,14-16H,6-7H2,1-5H3,(H2,28,29,31)/t14?,15-,16+,19?/m1/s1. The molecule has 2 bridgehead atoms. The number of hydrogen-bond donors (Lipinski definition) is 2. The third kappa shape index (κ3) is 4.13. The molecule has 0 amide bonds. The van der Waals surface area contributed by atoms with Crippen molar-refractivity contribution in [3.63, 3.8) is 0 Å². The van der Waals surface area contributed by atoms with Crippen LogP contribution in [0.4, 0.5) is 32.0 Å². The Hall–Kier alpha value is -1.55. The summed E-state index contributed by atoms with van der Waals surface area (Å²) in [4.78, 5) is 2.11. The van der Waals surface area contributed by atoms with E-state index in [4.69, 9.17) is 12.2 Å². The molecule has 0 aromatic heterocycles. The number of rotatable bonds is 3. The number of halogens is 6. The second-order valence-corrected chi connectivity index (χ2v) is 10.0. The summed E-state index contributed by atoms with van der Waals surface area (Å²) in [5.41, 5.74) is -3.23. The van der Waals surface area contributed by atoms with Crippen LogP contribution in [0.25, 0.3) is 0 Å². The van der Waals surface area contributed by atoms with E-state index in [0.717, 1.165) is 12.8 Å². The smallest absolute Gasteiger partial charge is 0.358 e. The molecule has 0 heterocycles. The Morgan fingerprint density at radius 1 is 1.00 bits per heavy atom. The largest absolute Gasteiger partial charge is 0.416 e. The Morgan fingerprint density at radius 2 is 1.52 bits per heavy atom. The first-order valence-electron chi connectivity index (χ1n) is 10.0. The predicted molar refractivity (Wildman–Crippen MR) is 112 cm³/mol. The van der Waals surface area contributed by atoms with Gasteiger partial charge < -0.3 is 15.5 Å². The lowest BCUT2D eigenvalue weighted by molar-refractivity contribution is -0.143. The Bertz CT molecular complexity index is 831. The van der Waals surface area contributed by atoms with Crippen molar-refractivity contribution in [1.29, 1.82) is 0 Å². The normalized spacial score (nSPS) is 30.0. The maximum absolute atomic E-state index is 13.1. The lowest BCUT2D eigenvalue weighted by atomic mass is 9.69. The van der Waals surface area contributed by atoms with Crippen LogP contribution < -0.4 is 10.6 Å². The van der Waals surface area contributed by atoms with Gasteiger partial charge in [-0.05, 0) is 74.1 Å². The number of nitrogens with one attached hydrogen (secondary N) is 2. The lowest BCUT2D eigenvalue weighted by Crippen LogP contribution is -2.56. The minimum Gasteiger partial charge on any atom is -0.358 e. The number of likely N-dealkylation sites (N-methyl/N-ethyl adjacent to an activating group) is 1. The summed E-state index contributed by atoms with van der Waals surface area (Å²) in [7, 11) is 3.94. The van der Waals surface area contributed by atoms with Gasteiger partial charge in [-0.2, -0.15) is 26.3 Å². The molecular formula is C21H27F6N3S. The predicted octanol–water partition coefficient (Wildman–Crippen LogP) is 5.77. The molecule has 3 rings (SSSR count). The summed E-state index contributed by atoms with van der Waals surface area (Å²) in [6, 6.07) is 1.42. The molecule has 1 aromatic rings. The second kappa shape index (κ2) is 7.50. The maximum Gasteiger partial charge on any atom is 0.416 e. The van der Waals surface area contributed by atoms with Crippen LogP contribution in [0.2, 0.25) is 0 Å². The van der Waals surface area contributed by atoms with Gasteiger partial charge in [-0.15, -0.1) is 0 Å². The van der Waals surface area contributed by atoms with Crippen LogP contribution in [0.15, 0.2) is 18.2 Å². The molecule has 2 N–H and O–H groups in total. The zero-order valence-electron chi connectivity index (χ0n) is 18.0. The van der Waals surface area contributed by atoms with Crippen molar-refractivity contribution < 1.29 is 26.3 Å². The van der Waals surface area contributed by atoms with Crippen LogP contribution >= 0.6 is 12.2 Å². The molecule has 0 aliphatic heterocycles. The highest BCUT2D eigenvalue weighted by Crippen LogP contribution is 2.66. The van der Waals surface area contributed by atoms with E-state index in [-0.39, 0.29) is 39.8 Å². The third-order valence-electron chi connectivity index (χ3n) is 7.54. The highest BCUT2D eigenvalue weighted by Gasteiger charge is 2.66. The molecule has 2 saturated carbocycles. The molecule has 2 aliphatic carbocycles. The van der Waals surface area contributed by atoms with Crippen LogP contribution in [-0.4, -0.2) is 36.2 Å². The van der Waals surface area contributed by atoms with Crippen molar-refractivity contribution in [2.45, 2.75) is 58.0 Å². The molecule has 2 aliphatic rings. The molecule has 3 nitrogen and oxygen atoms in total. The van der Waals surface area contributed by atoms with Crippen molar-refractivity contribution in [3.05, 3.63) is 29.3 Å². The maximum atomic E-state index is 13.1. The highest BCUT2D eigenvalue weighted by molar-refractivity contribution is 7.80. The van der Waals surface area contributed by atoms with E-state index in [0.29, 0.717) is 18.1 Å². The summed E-state index contributed by atoms with van der Waals surface area (Å²) >= 11 is 5.32. The molecule has 4 atom stereocenters. The van der Waals surface area contributed by atoms with E-state index < -0.39 is 23.5 Å². The SMILES string of the molecule is CN(C)[C@@H]1C2CCC(C)([C@H]1NC(=S)Nc1cc(C(F)(F)F)cc(C(F)(F)F)c1)C2(C)C. The molecule has 10 heteroatoms. The van der Waals surface area contributed by atoms with Crippen LogP contribution in [-0.2, 0) is 12.4 Å². The van der Waals surface area contributed by atoms with Gasteiger partial charge in [0, 0.05) is 17.8 Å². The molecule has 174 valence electrons. The zero-order valence-corrected chi connectivity index (χ0v) is 18.8. The summed E-state index contributed by atoms with van der Waals surface area (Å²) in [6.45, 7) is 6.59. The molecule has 0 radical (unpaired) electrons. The summed E-state index contributed by atoms with van der Waals surface area (Å²) < 4.78 is 78.8. The monoisotopic (exact) mass is 467 g/mol. The summed E-state index contributed by atoms with van der Waals surface area (Å²) in [5.74, 6) is 0.401. The van der Waals surface area contributed by atoms with Crippen LogP contribution in [0.3, 0.4) is 0 Å². The van der Waals surface area contributed by atoms with Gasteiger partial charge in [0.25, 0.3) is 0 Å². The molecule has 2 unspecified atom stereocenters. The Balaban J connectivity index is 1.87. The quantitative estimate of drug-likeness (QED) is 0.436. The van der Waals surface area contributed by atoms with Crippen LogP contribution in [0.1, 0.15) is 44.7 Å². The fraction of sp³-hybridized carbons (Fsp3) is 0.667. The van der Waals surface area contributed by atoms with Gasteiger partial charge in [0.1, 0.15) is 0 Å². The van der Waals surface area contributed by atoms with Gasteiger partial charge in [-0.1, -0.05) is 20.8 Å². The van der Waals surface area contributed by atoms with Gasteiger partial charge in [-0.25, -0.2) is 0 Å². The number of benzene rings is 1. The van der Waals surface area contributed by atoms with Gasteiger partial charge >= 0.3 is 12.4 Å². The number of fused-ring (bicyclic) bond motifs is 2. The Kier molecular flexibility index (Phi) is 5.83. The average molecular weight is 468 g/mol. The van der Waals surface area contributed by atoms with Crippen molar-refractivity contribution >= 4 is 23.0 Å².